The maximum absolute atomic E-state index is 13.0. The maximum Gasteiger partial charge on any atom is 0.262 e. The van der Waals surface area contributed by atoms with Crippen molar-refractivity contribution < 1.29 is 14.1 Å². The first-order chi connectivity index (χ1) is 12.7. The average molecular weight is 424 g/mol. The zero-order chi connectivity index (χ0) is 19.9. The highest BCUT2D eigenvalue weighted by Crippen LogP contribution is 2.38. The van der Waals surface area contributed by atoms with Crippen molar-refractivity contribution in [2.45, 2.75) is 20.8 Å². The molecule has 3 rings (SSSR count). The van der Waals surface area contributed by atoms with Gasteiger partial charge in [0.1, 0.15) is 22.0 Å². The molecule has 3 aromatic rings. The highest BCUT2D eigenvalue weighted by molar-refractivity contribution is 7.16. The summed E-state index contributed by atoms with van der Waals surface area (Å²) in [6.07, 6.45) is 0. The summed E-state index contributed by atoms with van der Waals surface area (Å²) in [5.74, 6) is -0.809. The van der Waals surface area contributed by atoms with Crippen LogP contribution in [-0.2, 0) is 0 Å². The van der Waals surface area contributed by atoms with Crippen molar-refractivity contribution in [3.8, 4) is 11.3 Å². The molecule has 27 heavy (non-hydrogen) atoms. The number of carbonyl (C=O) groups excluding carboxylic acids is 2. The predicted octanol–water partition coefficient (Wildman–Crippen LogP) is 4.99. The number of aryl methyl sites for hydroxylation is 2. The van der Waals surface area contributed by atoms with Gasteiger partial charge < -0.3 is 15.6 Å². The van der Waals surface area contributed by atoms with E-state index < -0.39 is 11.8 Å². The molecule has 1 aromatic carbocycles. The van der Waals surface area contributed by atoms with E-state index in [4.69, 9.17) is 33.5 Å². The lowest BCUT2D eigenvalue weighted by molar-refractivity contribution is 0.100. The fourth-order valence-electron chi connectivity index (χ4n) is 2.71. The van der Waals surface area contributed by atoms with Gasteiger partial charge in [-0.1, -0.05) is 34.4 Å². The van der Waals surface area contributed by atoms with Gasteiger partial charge in [0.2, 0.25) is 0 Å². The number of thiophene rings is 1. The van der Waals surface area contributed by atoms with Crippen molar-refractivity contribution in [1.82, 2.24) is 5.16 Å². The number of hydrogen-bond donors (Lipinski definition) is 2. The first-order valence-corrected chi connectivity index (χ1v) is 9.41. The number of carbonyl (C=O) groups is 2. The van der Waals surface area contributed by atoms with Crippen molar-refractivity contribution in [2.75, 3.05) is 5.32 Å². The number of rotatable bonds is 4. The largest absolute Gasteiger partial charge is 0.365 e. The first kappa shape index (κ1) is 19.4. The van der Waals surface area contributed by atoms with Crippen molar-refractivity contribution in [1.29, 1.82) is 0 Å². The lowest BCUT2D eigenvalue weighted by Crippen LogP contribution is -2.18. The van der Waals surface area contributed by atoms with E-state index in [0.717, 1.165) is 10.4 Å². The highest BCUT2D eigenvalue weighted by Gasteiger charge is 2.27. The van der Waals surface area contributed by atoms with Crippen molar-refractivity contribution in [3.05, 3.63) is 55.6 Å². The third-order valence-corrected chi connectivity index (χ3v) is 5.90. The zero-order valence-corrected chi connectivity index (χ0v) is 17.0. The predicted molar refractivity (Wildman–Crippen MR) is 107 cm³/mol. The second kappa shape index (κ2) is 7.34. The number of amides is 2. The molecule has 0 fully saturated rings. The third-order valence-electron chi connectivity index (χ3n) is 4.15. The molecule has 9 heteroatoms. The second-order valence-electron chi connectivity index (χ2n) is 5.86. The van der Waals surface area contributed by atoms with E-state index in [0.29, 0.717) is 26.4 Å². The fraction of sp³-hybridized carbons (Fsp3) is 0.167. The molecule has 6 nitrogen and oxygen atoms in total. The molecule has 0 saturated carbocycles. The Balaban J connectivity index is 2.07. The first-order valence-electron chi connectivity index (χ1n) is 7.84. The molecule has 0 unspecified atom stereocenters. The number of nitrogens with two attached hydrogens (primary N) is 1. The van der Waals surface area contributed by atoms with Crippen LogP contribution in [0, 0.1) is 20.8 Å². The third kappa shape index (κ3) is 3.45. The van der Waals surface area contributed by atoms with Crippen LogP contribution in [0.4, 0.5) is 5.00 Å². The van der Waals surface area contributed by atoms with Gasteiger partial charge in [-0.2, -0.15) is 0 Å². The molecule has 0 atom stereocenters. The standard InChI is InChI=1S/C18H15Cl2N3O3S/c1-7-9(3)27-18(12(7)16(21)24)22-17(25)13-8(2)26-23-15(13)14-10(19)5-4-6-11(14)20/h4-6H,1-3H3,(H2,21,24)(H,22,25). The molecular weight excluding hydrogens is 409 g/mol. The lowest BCUT2D eigenvalue weighted by Gasteiger charge is -2.08. The van der Waals surface area contributed by atoms with E-state index >= 15 is 0 Å². The Kier molecular flexibility index (Phi) is 5.28. The van der Waals surface area contributed by atoms with Crippen LogP contribution < -0.4 is 11.1 Å². The van der Waals surface area contributed by atoms with Gasteiger partial charge in [0.25, 0.3) is 11.8 Å². The Morgan fingerprint density at radius 3 is 2.37 bits per heavy atom. The van der Waals surface area contributed by atoms with Crippen LogP contribution >= 0.6 is 34.5 Å². The van der Waals surface area contributed by atoms with Crippen LogP contribution in [0.15, 0.2) is 22.7 Å². The molecule has 0 bridgehead atoms. The summed E-state index contributed by atoms with van der Waals surface area (Å²) in [5.41, 5.74) is 7.30. The summed E-state index contributed by atoms with van der Waals surface area (Å²) in [7, 11) is 0. The van der Waals surface area contributed by atoms with Crippen LogP contribution in [0.2, 0.25) is 10.0 Å². The van der Waals surface area contributed by atoms with Gasteiger partial charge >= 0.3 is 0 Å². The van der Waals surface area contributed by atoms with Gasteiger partial charge in [0, 0.05) is 10.4 Å². The Morgan fingerprint density at radius 1 is 1.15 bits per heavy atom. The molecule has 140 valence electrons. The second-order valence-corrected chi connectivity index (χ2v) is 7.90. The van der Waals surface area contributed by atoms with E-state index in [9.17, 15) is 9.59 Å². The number of nitrogens with one attached hydrogen (secondary N) is 1. The minimum atomic E-state index is -0.608. The van der Waals surface area contributed by atoms with Crippen LogP contribution in [0.5, 0.6) is 0 Å². The number of primary amides is 1. The summed E-state index contributed by atoms with van der Waals surface area (Å²) in [5, 5.41) is 7.75. The maximum atomic E-state index is 13.0. The molecule has 0 aliphatic heterocycles. The smallest absolute Gasteiger partial charge is 0.262 e. The molecule has 0 aliphatic rings. The Bertz CT molecular complexity index is 1050. The van der Waals surface area contributed by atoms with E-state index in [2.05, 4.69) is 10.5 Å². The molecule has 0 saturated heterocycles. The number of anilines is 1. The minimum absolute atomic E-state index is 0.184. The van der Waals surface area contributed by atoms with Gasteiger partial charge in [0.15, 0.2) is 0 Å². The highest BCUT2D eigenvalue weighted by atomic mass is 35.5. The normalized spacial score (nSPS) is 10.9. The Labute approximate surface area is 169 Å². The van der Waals surface area contributed by atoms with Gasteiger partial charge in [-0.25, -0.2) is 0 Å². The molecule has 0 spiro atoms. The number of nitrogens with zero attached hydrogens (tertiary/aromatic N) is 1. The topological polar surface area (TPSA) is 98.2 Å². The van der Waals surface area contributed by atoms with E-state index in [-0.39, 0.29) is 16.8 Å². The van der Waals surface area contributed by atoms with E-state index in [1.165, 1.54) is 11.3 Å². The molecule has 2 amide bonds. The summed E-state index contributed by atoms with van der Waals surface area (Å²) >= 11 is 13.8. The molecule has 2 aromatic heterocycles. The summed E-state index contributed by atoms with van der Waals surface area (Å²) in [6.45, 7) is 5.24. The molecule has 3 N–H and O–H groups in total. The van der Waals surface area contributed by atoms with Crippen LogP contribution in [0.1, 0.15) is 36.9 Å². The van der Waals surface area contributed by atoms with E-state index in [1.54, 1.807) is 32.0 Å². The van der Waals surface area contributed by atoms with E-state index in [1.807, 2.05) is 6.92 Å². The quantitative estimate of drug-likeness (QED) is 0.617. The summed E-state index contributed by atoms with van der Waals surface area (Å²) in [4.78, 5) is 25.6. The van der Waals surface area contributed by atoms with Crippen LogP contribution in [0.3, 0.4) is 0 Å². The molecular formula is C18H15Cl2N3O3S. The number of halogens is 2. The minimum Gasteiger partial charge on any atom is -0.365 e. The van der Waals surface area contributed by atoms with Crippen LogP contribution in [0.25, 0.3) is 11.3 Å². The monoisotopic (exact) mass is 423 g/mol. The zero-order valence-electron chi connectivity index (χ0n) is 14.6. The van der Waals surface area contributed by atoms with Gasteiger partial charge in [-0.15, -0.1) is 11.3 Å². The Hall–Kier alpha value is -2.35. The SMILES string of the molecule is Cc1onc(-c2c(Cl)cccc2Cl)c1C(=O)Nc1sc(C)c(C)c1C(N)=O. The van der Waals surface area contributed by atoms with Gasteiger partial charge in [-0.3, -0.25) is 9.59 Å². The van der Waals surface area contributed by atoms with Gasteiger partial charge in [-0.05, 0) is 38.5 Å². The summed E-state index contributed by atoms with van der Waals surface area (Å²) in [6, 6.07) is 4.98. The van der Waals surface area contributed by atoms with Crippen molar-refractivity contribution in [3.63, 3.8) is 0 Å². The number of aromatic nitrogens is 1. The van der Waals surface area contributed by atoms with Gasteiger partial charge in [0.05, 0.1) is 15.6 Å². The Morgan fingerprint density at radius 2 is 1.78 bits per heavy atom. The average Bonchev–Trinajstić information content (AvgIpc) is 3.08. The molecule has 0 radical (unpaired) electrons. The van der Waals surface area contributed by atoms with Crippen LogP contribution in [-0.4, -0.2) is 17.0 Å². The fourth-order valence-corrected chi connectivity index (χ4v) is 4.35. The molecule has 2 heterocycles. The number of hydrogen-bond acceptors (Lipinski definition) is 5. The lowest BCUT2D eigenvalue weighted by atomic mass is 10.1. The summed E-state index contributed by atoms with van der Waals surface area (Å²) < 4.78 is 5.21. The number of benzene rings is 1. The van der Waals surface area contributed by atoms with Crippen molar-refractivity contribution in [2.24, 2.45) is 5.73 Å². The molecule has 0 aliphatic carbocycles. The van der Waals surface area contributed by atoms with Crippen molar-refractivity contribution >= 4 is 51.4 Å².